The van der Waals surface area contributed by atoms with Crippen LogP contribution in [-0.2, 0) is 4.79 Å². The highest BCUT2D eigenvalue weighted by Crippen LogP contribution is 2.27. The zero-order valence-corrected chi connectivity index (χ0v) is 15.4. The van der Waals surface area contributed by atoms with Gasteiger partial charge in [-0.25, -0.2) is 0 Å². The summed E-state index contributed by atoms with van der Waals surface area (Å²) in [7, 11) is 0. The van der Waals surface area contributed by atoms with Crippen molar-refractivity contribution in [1.82, 2.24) is 15.1 Å². The molecule has 1 aromatic heterocycles. The van der Waals surface area contributed by atoms with E-state index in [2.05, 4.69) is 38.2 Å². The summed E-state index contributed by atoms with van der Waals surface area (Å²) in [5, 5.41) is 7.61. The number of aromatic nitrogens is 2. The summed E-state index contributed by atoms with van der Waals surface area (Å²) in [5.41, 5.74) is 2.18. The van der Waals surface area contributed by atoms with Crippen LogP contribution < -0.4 is 4.90 Å². The third-order valence-corrected chi connectivity index (χ3v) is 5.79. The van der Waals surface area contributed by atoms with Crippen LogP contribution in [0.3, 0.4) is 0 Å². The van der Waals surface area contributed by atoms with Crippen molar-refractivity contribution in [3.63, 3.8) is 0 Å². The molecule has 2 fully saturated rings. The predicted molar refractivity (Wildman–Crippen MR) is 104 cm³/mol. The third-order valence-electron chi connectivity index (χ3n) is 5.79. The van der Waals surface area contributed by atoms with Crippen LogP contribution in [0.2, 0.25) is 0 Å². The van der Waals surface area contributed by atoms with Gasteiger partial charge in [-0.2, -0.15) is 5.10 Å². The number of carbonyl (C=O) groups is 1. The van der Waals surface area contributed by atoms with Gasteiger partial charge < -0.3 is 9.80 Å². The van der Waals surface area contributed by atoms with Crippen LogP contribution in [0.4, 0.5) is 5.82 Å². The molecule has 1 N–H and O–H groups in total. The number of anilines is 1. The van der Waals surface area contributed by atoms with Crippen molar-refractivity contribution in [2.75, 3.05) is 31.1 Å². The van der Waals surface area contributed by atoms with Crippen molar-refractivity contribution in [2.24, 2.45) is 5.92 Å². The Balaban J connectivity index is 1.31. The lowest BCUT2D eigenvalue weighted by Gasteiger charge is -2.35. The number of H-pyrrole nitrogens is 1. The molecular weight excluding hydrogens is 324 g/mol. The fraction of sp³-hybridized carbons (Fsp3) is 0.524. The monoisotopic (exact) mass is 352 g/mol. The van der Waals surface area contributed by atoms with Gasteiger partial charge >= 0.3 is 0 Å². The first kappa shape index (κ1) is 17.1. The molecule has 26 heavy (non-hydrogen) atoms. The van der Waals surface area contributed by atoms with Gasteiger partial charge in [-0.05, 0) is 24.3 Å². The molecule has 2 aliphatic rings. The molecular formula is C21H28N4O. The third kappa shape index (κ3) is 3.92. The van der Waals surface area contributed by atoms with Gasteiger partial charge in [-0.15, -0.1) is 0 Å². The first-order chi connectivity index (χ1) is 12.8. The Kier molecular flexibility index (Phi) is 5.23. The minimum Gasteiger partial charge on any atom is -0.352 e. The number of piperazine rings is 1. The van der Waals surface area contributed by atoms with Gasteiger partial charge in [-0.3, -0.25) is 9.89 Å². The van der Waals surface area contributed by atoms with Crippen LogP contribution in [0.5, 0.6) is 0 Å². The first-order valence-corrected chi connectivity index (χ1v) is 9.93. The van der Waals surface area contributed by atoms with E-state index in [1.165, 1.54) is 32.1 Å². The Labute approximate surface area is 155 Å². The molecule has 5 nitrogen and oxygen atoms in total. The van der Waals surface area contributed by atoms with Crippen molar-refractivity contribution >= 4 is 11.7 Å². The van der Waals surface area contributed by atoms with Crippen LogP contribution >= 0.6 is 0 Å². The van der Waals surface area contributed by atoms with Crippen LogP contribution in [0.1, 0.15) is 38.5 Å². The first-order valence-electron chi connectivity index (χ1n) is 9.93. The average Bonchev–Trinajstić information content (AvgIpc) is 3.20. The summed E-state index contributed by atoms with van der Waals surface area (Å²) in [4.78, 5) is 16.9. The maximum atomic E-state index is 12.6. The molecule has 2 heterocycles. The standard InChI is InChI=1S/C21H28N4O/c26-21(15-17-7-3-1-4-8-17)25-13-11-24(12-14-25)20-16-19(22-23-20)18-9-5-2-6-10-18/h2,5-6,9-10,16-17H,1,3-4,7-8,11-15H2,(H,22,23). The van der Waals surface area contributed by atoms with Crippen molar-refractivity contribution in [3.05, 3.63) is 36.4 Å². The molecule has 1 saturated carbocycles. The lowest BCUT2D eigenvalue weighted by atomic mass is 9.86. The van der Waals surface area contributed by atoms with Gasteiger partial charge in [0.05, 0.1) is 5.69 Å². The van der Waals surface area contributed by atoms with Crippen LogP contribution in [0.15, 0.2) is 36.4 Å². The van der Waals surface area contributed by atoms with E-state index in [0.717, 1.165) is 49.7 Å². The minimum atomic E-state index is 0.351. The number of nitrogens with one attached hydrogen (secondary N) is 1. The molecule has 138 valence electrons. The molecule has 0 unspecified atom stereocenters. The topological polar surface area (TPSA) is 52.2 Å². The zero-order chi connectivity index (χ0) is 17.8. The second-order valence-corrected chi connectivity index (χ2v) is 7.58. The Morgan fingerprint density at radius 3 is 2.50 bits per heavy atom. The Morgan fingerprint density at radius 1 is 1.04 bits per heavy atom. The highest BCUT2D eigenvalue weighted by molar-refractivity contribution is 5.76. The SMILES string of the molecule is O=C(CC1CCCCC1)N1CCN(c2cc(-c3ccccc3)[nH]n2)CC1. The van der Waals surface area contributed by atoms with E-state index in [0.29, 0.717) is 11.8 Å². The normalized spacial score (nSPS) is 18.9. The maximum Gasteiger partial charge on any atom is 0.222 e. The van der Waals surface area contributed by atoms with Crippen LogP contribution in [-0.4, -0.2) is 47.2 Å². The molecule has 2 aromatic rings. The van der Waals surface area contributed by atoms with Gasteiger partial charge in [0.15, 0.2) is 5.82 Å². The Morgan fingerprint density at radius 2 is 1.77 bits per heavy atom. The second kappa shape index (κ2) is 7.94. The van der Waals surface area contributed by atoms with Crippen molar-refractivity contribution < 1.29 is 4.79 Å². The summed E-state index contributed by atoms with van der Waals surface area (Å²) >= 11 is 0. The number of hydrogen-bond donors (Lipinski definition) is 1. The lowest BCUT2D eigenvalue weighted by molar-refractivity contribution is -0.132. The second-order valence-electron chi connectivity index (χ2n) is 7.58. The summed E-state index contributed by atoms with van der Waals surface area (Å²) in [6, 6.07) is 12.4. The lowest BCUT2D eigenvalue weighted by Crippen LogP contribution is -2.49. The quantitative estimate of drug-likeness (QED) is 0.913. The molecule has 4 rings (SSSR count). The van der Waals surface area contributed by atoms with E-state index >= 15 is 0 Å². The maximum absolute atomic E-state index is 12.6. The largest absolute Gasteiger partial charge is 0.352 e. The molecule has 0 radical (unpaired) electrons. The summed E-state index contributed by atoms with van der Waals surface area (Å²) in [6.45, 7) is 3.32. The van der Waals surface area contributed by atoms with E-state index < -0.39 is 0 Å². The van der Waals surface area contributed by atoms with Gasteiger partial charge in [0.1, 0.15) is 0 Å². The van der Waals surface area contributed by atoms with E-state index in [4.69, 9.17) is 0 Å². The number of carbonyl (C=O) groups excluding carboxylic acids is 1. The van der Waals surface area contributed by atoms with Gasteiger partial charge in [0.2, 0.25) is 5.91 Å². The van der Waals surface area contributed by atoms with E-state index in [1.807, 2.05) is 18.2 Å². The van der Waals surface area contributed by atoms with E-state index in [1.54, 1.807) is 0 Å². The summed E-state index contributed by atoms with van der Waals surface area (Å²) in [6.07, 6.45) is 7.17. The number of rotatable bonds is 4. The molecule has 0 atom stereocenters. The summed E-state index contributed by atoms with van der Waals surface area (Å²) in [5.74, 6) is 1.95. The van der Waals surface area contributed by atoms with Crippen molar-refractivity contribution in [1.29, 1.82) is 0 Å². The summed E-state index contributed by atoms with van der Waals surface area (Å²) < 4.78 is 0. The smallest absolute Gasteiger partial charge is 0.222 e. The molecule has 1 aliphatic carbocycles. The van der Waals surface area contributed by atoms with E-state index in [9.17, 15) is 4.79 Å². The van der Waals surface area contributed by atoms with Crippen LogP contribution in [0.25, 0.3) is 11.3 Å². The molecule has 1 amide bonds. The predicted octanol–water partition coefficient (Wildman–Crippen LogP) is 3.70. The van der Waals surface area contributed by atoms with Crippen LogP contribution in [0, 0.1) is 5.92 Å². The highest BCUT2D eigenvalue weighted by atomic mass is 16.2. The number of hydrogen-bond acceptors (Lipinski definition) is 3. The highest BCUT2D eigenvalue weighted by Gasteiger charge is 2.25. The molecule has 1 aromatic carbocycles. The van der Waals surface area contributed by atoms with Gasteiger partial charge in [0, 0.05) is 38.7 Å². The minimum absolute atomic E-state index is 0.351. The molecule has 5 heteroatoms. The molecule has 0 bridgehead atoms. The van der Waals surface area contributed by atoms with Crippen molar-refractivity contribution in [2.45, 2.75) is 38.5 Å². The molecule has 1 saturated heterocycles. The fourth-order valence-corrected chi connectivity index (χ4v) is 4.19. The van der Waals surface area contributed by atoms with E-state index in [-0.39, 0.29) is 0 Å². The average molecular weight is 352 g/mol. The Hall–Kier alpha value is -2.30. The van der Waals surface area contributed by atoms with Gasteiger partial charge in [-0.1, -0.05) is 49.6 Å². The zero-order valence-electron chi connectivity index (χ0n) is 15.4. The van der Waals surface area contributed by atoms with Gasteiger partial charge in [0.25, 0.3) is 0 Å². The number of aromatic amines is 1. The van der Waals surface area contributed by atoms with Crippen molar-refractivity contribution in [3.8, 4) is 11.3 Å². The molecule has 1 aliphatic heterocycles. The number of amides is 1. The number of benzene rings is 1. The Bertz CT molecular complexity index is 713. The fourth-order valence-electron chi connectivity index (χ4n) is 4.19. The number of nitrogens with zero attached hydrogens (tertiary/aromatic N) is 3. The molecule has 0 spiro atoms.